The molecule has 20 nitrogen and oxygen atoms in total. The molecule has 5 rings (SSSR count). The number of aliphatic hydroxyl groups is 5. The molecule has 0 radical (unpaired) electrons. The molecule has 22 heteroatoms. The fourth-order valence-corrected chi connectivity index (χ4v) is 5.73. The molecule has 13 N–H and O–H groups in total. The molecule has 0 aliphatic heterocycles. The van der Waals surface area contributed by atoms with E-state index in [9.17, 15) is 44.3 Å². The Morgan fingerprint density at radius 3 is 2.06 bits per heavy atom. The van der Waals surface area contributed by atoms with Crippen LogP contribution in [0.2, 0.25) is 0 Å². The molecular weight excluding hydrogens is 729 g/mol. The Hall–Kier alpha value is -4.79. The van der Waals surface area contributed by atoms with Gasteiger partial charge in [0.05, 0.1) is 39.8 Å². The van der Waals surface area contributed by atoms with E-state index < -0.39 is 34.1 Å². The molecule has 276 valence electrons. The van der Waals surface area contributed by atoms with Crippen LogP contribution in [0.5, 0.6) is 5.75 Å². The fourth-order valence-electron chi connectivity index (χ4n) is 4.67. The van der Waals surface area contributed by atoms with Gasteiger partial charge in [-0.15, -0.1) is 9.45 Å². The van der Waals surface area contributed by atoms with E-state index in [-0.39, 0.29) is 74.9 Å². The van der Waals surface area contributed by atoms with Crippen molar-refractivity contribution in [3.63, 3.8) is 0 Å². The maximum absolute atomic E-state index is 11.7. The van der Waals surface area contributed by atoms with E-state index in [0.29, 0.717) is 17.7 Å². The third-order valence-electron chi connectivity index (χ3n) is 7.00. The summed E-state index contributed by atoms with van der Waals surface area (Å²) in [5.74, 6) is -0.699. The molecule has 0 bridgehead atoms. The number of phenolic OH excluding ortho intramolecular Hbond substituents is 1. The second-order valence-electron chi connectivity index (χ2n) is 10.8. The highest BCUT2D eigenvalue weighted by Gasteiger charge is 2.24. The topological polar surface area (TPSA) is 320 Å². The highest BCUT2D eigenvalue weighted by molar-refractivity contribution is 8.19. The van der Waals surface area contributed by atoms with Gasteiger partial charge in [-0.2, -0.15) is 20.1 Å². The second-order valence-corrected chi connectivity index (χ2v) is 13.0. The number of rotatable bonds is 15. The van der Waals surface area contributed by atoms with E-state index in [1.54, 1.807) is 12.1 Å². The average molecular weight is 761 g/mol. The van der Waals surface area contributed by atoms with Crippen molar-refractivity contribution in [1.29, 1.82) is 0 Å². The molecule has 0 unspecified atom stereocenters. The van der Waals surface area contributed by atoms with Crippen LogP contribution in [-0.4, -0.2) is 77.7 Å². The van der Waals surface area contributed by atoms with Crippen LogP contribution in [0.1, 0.15) is 29.3 Å². The highest BCUT2D eigenvalue weighted by atomic mass is 32.3. The zero-order valence-corrected chi connectivity index (χ0v) is 28.3. The van der Waals surface area contributed by atoms with Crippen molar-refractivity contribution in [2.45, 2.75) is 29.3 Å². The number of aryl methyl sites for hydroxylation is 1. The molecule has 0 spiro atoms. The monoisotopic (exact) mass is 760 g/mol. The van der Waals surface area contributed by atoms with Gasteiger partial charge in [0.25, 0.3) is 0 Å². The maximum Gasteiger partial charge on any atom is 0.233 e. The van der Waals surface area contributed by atoms with Crippen molar-refractivity contribution in [2.24, 2.45) is 10.2 Å². The predicted octanol–water partition coefficient (Wildman–Crippen LogP) is 5.32. The number of anilines is 5. The molecule has 4 aromatic carbocycles. The Morgan fingerprint density at radius 2 is 1.46 bits per heavy atom. The molecule has 52 heavy (non-hydrogen) atoms. The Balaban J connectivity index is 1.67. The van der Waals surface area contributed by atoms with Crippen LogP contribution in [0.3, 0.4) is 0 Å². The lowest BCUT2D eigenvalue weighted by molar-refractivity contribution is -0.432. The number of fused-ring (bicyclic) bond motifs is 1. The van der Waals surface area contributed by atoms with Crippen LogP contribution in [0, 0.1) is 6.92 Å². The molecule has 0 aliphatic rings. The van der Waals surface area contributed by atoms with Gasteiger partial charge < -0.3 is 60.2 Å². The van der Waals surface area contributed by atoms with Crippen LogP contribution in [-0.2, 0) is 9.37 Å². The SMILES string of the molecule is Cc1ccc(Nc2nc(NCCO)nc(Nc3cc(S(O)(O)O)cc4cc(SOOO)c(N=Nc5cc(C(O)O)cc(C(O)O)c5)c(O)c34)n2)cc1. The lowest BCUT2D eigenvalue weighted by Crippen LogP contribution is -2.12. The van der Waals surface area contributed by atoms with E-state index in [1.165, 1.54) is 18.2 Å². The van der Waals surface area contributed by atoms with Gasteiger partial charge in [0.15, 0.2) is 18.3 Å². The summed E-state index contributed by atoms with van der Waals surface area (Å²) in [6.45, 7) is 1.74. The summed E-state index contributed by atoms with van der Waals surface area (Å²) < 4.78 is 35.2. The molecule has 5 aromatic rings. The number of azo groups is 1. The summed E-state index contributed by atoms with van der Waals surface area (Å²) in [5.41, 5.74) is 0.803. The minimum Gasteiger partial charge on any atom is -0.505 e. The molecule has 1 heterocycles. The summed E-state index contributed by atoms with van der Waals surface area (Å²) in [6.07, 6.45) is -4.01. The Kier molecular flexibility index (Phi) is 12.3. The summed E-state index contributed by atoms with van der Waals surface area (Å²) in [6, 6.07) is 14.3. The summed E-state index contributed by atoms with van der Waals surface area (Å²) in [7, 11) is -4.36. The van der Waals surface area contributed by atoms with Gasteiger partial charge in [-0.3, -0.25) is 0 Å². The summed E-state index contributed by atoms with van der Waals surface area (Å²) in [4.78, 5) is 12.5. The number of benzene rings is 4. The van der Waals surface area contributed by atoms with Gasteiger partial charge in [0.1, 0.15) is 16.6 Å². The number of aromatic hydroxyl groups is 1. The first-order valence-electron chi connectivity index (χ1n) is 14.7. The predicted molar refractivity (Wildman–Crippen MR) is 188 cm³/mol. The van der Waals surface area contributed by atoms with E-state index in [2.05, 4.69) is 50.5 Å². The number of hydrogen-bond acceptors (Lipinski definition) is 21. The minimum atomic E-state index is -4.36. The quantitative estimate of drug-likeness (QED) is 0.0211. The zero-order valence-electron chi connectivity index (χ0n) is 26.7. The third kappa shape index (κ3) is 9.55. The lowest BCUT2D eigenvalue weighted by atomic mass is 10.1. The van der Waals surface area contributed by atoms with Crippen LogP contribution in [0.25, 0.3) is 10.8 Å². The molecule has 0 saturated carbocycles. The number of hydrogen-bond donors (Lipinski definition) is 13. The molecule has 0 atom stereocenters. The number of nitrogens with one attached hydrogen (secondary N) is 3. The van der Waals surface area contributed by atoms with E-state index in [0.717, 1.165) is 23.8 Å². The van der Waals surface area contributed by atoms with Crippen LogP contribution < -0.4 is 16.0 Å². The first kappa shape index (κ1) is 38.4. The number of nitrogens with zero attached hydrogens (tertiary/aromatic N) is 5. The number of phenols is 1. The van der Waals surface area contributed by atoms with Gasteiger partial charge in [-0.1, -0.05) is 22.7 Å². The summed E-state index contributed by atoms with van der Waals surface area (Å²) >= 11 is 0.347. The van der Waals surface area contributed by atoms with Crippen molar-refractivity contribution in [3.8, 4) is 5.75 Å². The standard InChI is InChI=1S/C30H32N8O12S2/c1-14-2-4-18(5-3-14)32-29-34-28(31-6-7-39)35-30(36-29)33-21-13-20(52(46,47)48)11-15-12-22(51-50-49-45)24(25(40)23(15)21)38-37-19-9-16(26(41)42)8-17(10-19)27(43)44/h2-5,8-13,26-27,39-48H,6-7H2,1H3,(H3,31,32,33,34,35,36). The van der Waals surface area contributed by atoms with Crippen LogP contribution >= 0.6 is 22.9 Å². The molecular formula is C30H32N8O12S2. The van der Waals surface area contributed by atoms with Crippen molar-refractivity contribution < 1.29 is 58.9 Å². The van der Waals surface area contributed by atoms with Gasteiger partial charge in [-0.25, -0.2) is 5.26 Å². The first-order chi connectivity index (χ1) is 24.7. The van der Waals surface area contributed by atoms with Crippen molar-refractivity contribution in [2.75, 3.05) is 29.1 Å². The number of aromatic nitrogens is 3. The molecule has 0 fully saturated rings. The average Bonchev–Trinajstić information content (AvgIpc) is 3.09. The third-order valence-corrected chi connectivity index (χ3v) is 8.49. The number of aliphatic hydroxyl groups excluding tert-OH is 3. The smallest absolute Gasteiger partial charge is 0.233 e. The molecule has 0 aliphatic carbocycles. The second kappa shape index (κ2) is 16.7. The Labute approximate surface area is 299 Å². The van der Waals surface area contributed by atoms with Gasteiger partial charge in [0, 0.05) is 28.7 Å². The van der Waals surface area contributed by atoms with E-state index in [4.69, 9.17) is 5.26 Å². The van der Waals surface area contributed by atoms with Gasteiger partial charge in [0.2, 0.25) is 17.8 Å². The normalized spacial score (nSPS) is 12.3. The van der Waals surface area contributed by atoms with Crippen molar-refractivity contribution >= 4 is 74.3 Å². The van der Waals surface area contributed by atoms with E-state index in [1.807, 2.05) is 19.1 Å². The highest BCUT2D eigenvalue weighted by Crippen LogP contribution is 2.51. The summed E-state index contributed by atoms with van der Waals surface area (Å²) in [5, 5.41) is 89.1. The van der Waals surface area contributed by atoms with Gasteiger partial charge >= 0.3 is 0 Å². The van der Waals surface area contributed by atoms with E-state index >= 15 is 0 Å². The van der Waals surface area contributed by atoms with Gasteiger partial charge in [-0.05, 0) is 60.8 Å². The Morgan fingerprint density at radius 1 is 0.827 bits per heavy atom. The zero-order chi connectivity index (χ0) is 37.6. The molecule has 0 saturated heterocycles. The fraction of sp³-hybridized carbons (Fsp3) is 0.167. The minimum absolute atomic E-state index is 0.0224. The molecule has 0 amide bonds. The maximum atomic E-state index is 11.7. The van der Waals surface area contributed by atoms with Crippen molar-refractivity contribution in [1.82, 2.24) is 15.0 Å². The Bertz CT molecular complexity index is 2040. The van der Waals surface area contributed by atoms with Crippen LogP contribution in [0.15, 0.2) is 80.7 Å². The lowest BCUT2D eigenvalue weighted by Gasteiger charge is -2.22. The van der Waals surface area contributed by atoms with Crippen LogP contribution in [0.4, 0.5) is 40.6 Å². The molecule has 1 aromatic heterocycles. The first-order valence-corrected chi connectivity index (χ1v) is 17.0. The largest absolute Gasteiger partial charge is 0.505 e. The van der Waals surface area contributed by atoms with Crippen molar-refractivity contribution in [3.05, 3.63) is 77.4 Å².